The Hall–Kier alpha value is -1.68. The number of benzene rings is 1. The maximum Gasteiger partial charge on any atom is 0.401 e. The highest BCUT2D eigenvalue weighted by Gasteiger charge is 2.31. The Balaban J connectivity index is 1.84. The number of anilines is 1. The second-order valence-electron chi connectivity index (χ2n) is 6.45. The van der Waals surface area contributed by atoms with E-state index in [1.165, 1.54) is 7.11 Å². The fourth-order valence-electron chi connectivity index (χ4n) is 2.80. The largest absolute Gasteiger partial charge is 0.401 e. The fourth-order valence-corrected chi connectivity index (χ4v) is 2.80. The van der Waals surface area contributed by atoms with Crippen molar-refractivity contribution in [3.8, 4) is 0 Å². The molecule has 1 N–H and O–H groups in total. The number of ether oxygens (including phenoxy) is 2. The van der Waals surface area contributed by atoms with Crippen molar-refractivity contribution in [3.05, 3.63) is 29.8 Å². The molecule has 0 unspecified atom stereocenters. The molecule has 0 saturated carbocycles. The SMILES string of the molecule is COCCN(CC(=O)Nc1ccc(CN2CCOCC2)cc1)CC(F)(F)F. The van der Waals surface area contributed by atoms with Crippen molar-refractivity contribution in [2.45, 2.75) is 12.7 Å². The molecule has 6 nitrogen and oxygen atoms in total. The van der Waals surface area contributed by atoms with Crippen LogP contribution in [0.2, 0.25) is 0 Å². The lowest BCUT2D eigenvalue weighted by molar-refractivity contribution is -0.149. The Morgan fingerprint density at radius 1 is 1.26 bits per heavy atom. The Bertz CT molecular complexity index is 575. The lowest BCUT2D eigenvalue weighted by Crippen LogP contribution is -2.41. The molecule has 1 amide bonds. The molecule has 0 aliphatic carbocycles. The van der Waals surface area contributed by atoms with Crippen molar-refractivity contribution >= 4 is 11.6 Å². The average molecular weight is 389 g/mol. The monoisotopic (exact) mass is 389 g/mol. The quantitative estimate of drug-likeness (QED) is 0.700. The minimum Gasteiger partial charge on any atom is -0.383 e. The molecular weight excluding hydrogens is 363 g/mol. The first-order valence-corrected chi connectivity index (χ1v) is 8.82. The molecule has 0 spiro atoms. The molecule has 1 heterocycles. The van der Waals surface area contributed by atoms with Gasteiger partial charge in [-0.05, 0) is 17.7 Å². The van der Waals surface area contributed by atoms with Gasteiger partial charge in [-0.1, -0.05) is 12.1 Å². The van der Waals surface area contributed by atoms with Gasteiger partial charge in [0.15, 0.2) is 0 Å². The van der Waals surface area contributed by atoms with Gasteiger partial charge < -0.3 is 14.8 Å². The van der Waals surface area contributed by atoms with Crippen LogP contribution in [-0.4, -0.2) is 81.5 Å². The number of nitrogens with zero attached hydrogens (tertiary/aromatic N) is 2. The zero-order chi connectivity index (χ0) is 19.7. The number of alkyl halides is 3. The number of morpholine rings is 1. The molecule has 27 heavy (non-hydrogen) atoms. The van der Waals surface area contributed by atoms with E-state index in [0.29, 0.717) is 5.69 Å². The molecule has 1 fully saturated rings. The molecule has 1 aliphatic heterocycles. The van der Waals surface area contributed by atoms with Crippen LogP contribution in [0.5, 0.6) is 0 Å². The van der Waals surface area contributed by atoms with Gasteiger partial charge in [-0.2, -0.15) is 13.2 Å². The molecule has 1 aromatic rings. The number of amides is 1. The van der Waals surface area contributed by atoms with E-state index in [2.05, 4.69) is 10.2 Å². The van der Waals surface area contributed by atoms with E-state index in [4.69, 9.17) is 9.47 Å². The zero-order valence-corrected chi connectivity index (χ0v) is 15.4. The van der Waals surface area contributed by atoms with Crippen LogP contribution in [0.1, 0.15) is 5.56 Å². The second kappa shape index (κ2) is 10.6. The predicted octanol–water partition coefficient (Wildman–Crippen LogP) is 1.97. The van der Waals surface area contributed by atoms with Crippen LogP contribution in [0, 0.1) is 0 Å². The highest BCUT2D eigenvalue weighted by atomic mass is 19.4. The topological polar surface area (TPSA) is 54.0 Å². The Morgan fingerprint density at radius 3 is 2.52 bits per heavy atom. The van der Waals surface area contributed by atoms with Crippen molar-refractivity contribution in [2.75, 3.05) is 65.0 Å². The van der Waals surface area contributed by atoms with Gasteiger partial charge in [0.2, 0.25) is 5.91 Å². The van der Waals surface area contributed by atoms with E-state index >= 15 is 0 Å². The fraction of sp³-hybridized carbons (Fsp3) is 0.611. The predicted molar refractivity (Wildman–Crippen MR) is 95.5 cm³/mol. The number of hydrogen-bond acceptors (Lipinski definition) is 5. The first-order chi connectivity index (χ1) is 12.9. The minimum absolute atomic E-state index is 0.0297. The summed E-state index contributed by atoms with van der Waals surface area (Å²) in [5.74, 6) is -0.490. The van der Waals surface area contributed by atoms with Gasteiger partial charge in [0.1, 0.15) is 0 Å². The van der Waals surface area contributed by atoms with Gasteiger partial charge in [0.25, 0.3) is 0 Å². The summed E-state index contributed by atoms with van der Waals surface area (Å²) in [6.45, 7) is 2.68. The summed E-state index contributed by atoms with van der Waals surface area (Å²) in [6, 6.07) is 7.33. The van der Waals surface area contributed by atoms with Crippen LogP contribution in [0.3, 0.4) is 0 Å². The van der Waals surface area contributed by atoms with Gasteiger partial charge >= 0.3 is 6.18 Å². The summed E-state index contributed by atoms with van der Waals surface area (Å²) in [4.78, 5) is 15.4. The van der Waals surface area contributed by atoms with Crippen molar-refractivity contribution in [3.63, 3.8) is 0 Å². The van der Waals surface area contributed by atoms with E-state index in [1.807, 2.05) is 12.1 Å². The third-order valence-corrected chi connectivity index (χ3v) is 4.13. The number of carbonyl (C=O) groups is 1. The van der Waals surface area contributed by atoms with Crippen molar-refractivity contribution in [1.82, 2.24) is 9.80 Å². The van der Waals surface area contributed by atoms with Gasteiger partial charge in [-0.3, -0.25) is 14.6 Å². The van der Waals surface area contributed by atoms with E-state index < -0.39 is 18.6 Å². The summed E-state index contributed by atoms with van der Waals surface area (Å²) in [6.07, 6.45) is -4.37. The van der Waals surface area contributed by atoms with Crippen LogP contribution in [0.4, 0.5) is 18.9 Å². The van der Waals surface area contributed by atoms with E-state index in [-0.39, 0.29) is 19.7 Å². The van der Waals surface area contributed by atoms with Gasteiger partial charge in [0.05, 0.1) is 32.9 Å². The van der Waals surface area contributed by atoms with Crippen LogP contribution in [-0.2, 0) is 20.8 Å². The smallest absolute Gasteiger partial charge is 0.383 e. The Labute approximate surface area is 157 Å². The molecule has 9 heteroatoms. The number of nitrogens with one attached hydrogen (secondary N) is 1. The number of hydrogen-bond donors (Lipinski definition) is 1. The highest BCUT2D eigenvalue weighted by Crippen LogP contribution is 2.17. The summed E-state index contributed by atoms with van der Waals surface area (Å²) >= 11 is 0. The third kappa shape index (κ3) is 8.70. The Kier molecular flexibility index (Phi) is 8.49. The molecule has 0 radical (unpaired) electrons. The maximum absolute atomic E-state index is 12.6. The van der Waals surface area contributed by atoms with Gasteiger partial charge in [0, 0.05) is 39.0 Å². The lowest BCUT2D eigenvalue weighted by Gasteiger charge is -2.26. The summed E-state index contributed by atoms with van der Waals surface area (Å²) < 4.78 is 48.0. The third-order valence-electron chi connectivity index (χ3n) is 4.13. The molecule has 1 saturated heterocycles. The van der Waals surface area contributed by atoms with Gasteiger partial charge in [-0.15, -0.1) is 0 Å². The standard InChI is InChI=1S/C18H26F3N3O3/c1-26-9-6-24(14-18(19,20)21)13-17(25)22-16-4-2-15(3-5-16)12-23-7-10-27-11-8-23/h2-5H,6-14H2,1H3,(H,22,25). The molecular formula is C18H26F3N3O3. The highest BCUT2D eigenvalue weighted by molar-refractivity contribution is 5.92. The van der Waals surface area contributed by atoms with Crippen LogP contribution in [0.25, 0.3) is 0 Å². The number of carbonyl (C=O) groups excluding carboxylic acids is 1. The zero-order valence-electron chi connectivity index (χ0n) is 15.4. The second-order valence-corrected chi connectivity index (χ2v) is 6.45. The molecule has 2 rings (SSSR count). The van der Waals surface area contributed by atoms with E-state index in [0.717, 1.165) is 43.3 Å². The van der Waals surface area contributed by atoms with E-state index in [1.54, 1.807) is 12.1 Å². The summed E-state index contributed by atoms with van der Waals surface area (Å²) in [5, 5.41) is 2.64. The number of halogens is 3. The van der Waals surface area contributed by atoms with Crippen LogP contribution in [0.15, 0.2) is 24.3 Å². The number of methoxy groups -OCH3 is 1. The normalized spacial score (nSPS) is 15.9. The first kappa shape index (κ1) is 21.6. The minimum atomic E-state index is -4.37. The molecule has 0 aromatic heterocycles. The van der Waals surface area contributed by atoms with Crippen molar-refractivity contribution in [1.29, 1.82) is 0 Å². The molecule has 0 atom stereocenters. The van der Waals surface area contributed by atoms with Crippen molar-refractivity contribution in [2.24, 2.45) is 0 Å². The lowest BCUT2D eigenvalue weighted by atomic mass is 10.2. The van der Waals surface area contributed by atoms with Crippen molar-refractivity contribution < 1.29 is 27.4 Å². The summed E-state index contributed by atoms with van der Waals surface area (Å²) in [7, 11) is 1.41. The molecule has 1 aromatic carbocycles. The number of rotatable bonds is 9. The molecule has 152 valence electrons. The van der Waals surface area contributed by atoms with Crippen LogP contribution < -0.4 is 5.32 Å². The Morgan fingerprint density at radius 2 is 1.93 bits per heavy atom. The summed E-state index contributed by atoms with van der Waals surface area (Å²) in [5.41, 5.74) is 1.66. The van der Waals surface area contributed by atoms with Gasteiger partial charge in [-0.25, -0.2) is 0 Å². The van der Waals surface area contributed by atoms with E-state index in [9.17, 15) is 18.0 Å². The van der Waals surface area contributed by atoms with Crippen LogP contribution >= 0.6 is 0 Å². The first-order valence-electron chi connectivity index (χ1n) is 8.82. The molecule has 0 bridgehead atoms. The average Bonchev–Trinajstić information content (AvgIpc) is 2.61. The maximum atomic E-state index is 12.6. The molecule has 1 aliphatic rings.